The highest BCUT2D eigenvalue weighted by Crippen LogP contribution is 2.38. The van der Waals surface area contributed by atoms with Gasteiger partial charge in [-0.05, 0) is 43.2 Å². The summed E-state index contributed by atoms with van der Waals surface area (Å²) in [7, 11) is -4.32. The highest BCUT2D eigenvalue weighted by molar-refractivity contribution is 7.87. The van der Waals surface area contributed by atoms with Crippen molar-refractivity contribution in [3.63, 3.8) is 0 Å². The predicted octanol–water partition coefficient (Wildman–Crippen LogP) is 4.28. The SMILES string of the molecule is CCOC(=O)[C@@]1(c2ccc(C)cc2)C=C(c2ccccc2F)N(Cc2ccccc2)S(=O)(=O)N1. The van der Waals surface area contributed by atoms with E-state index >= 15 is 0 Å². The number of carbonyl (C=O) groups is 1. The molecule has 0 saturated heterocycles. The summed E-state index contributed by atoms with van der Waals surface area (Å²) in [6.45, 7) is 3.52. The first kappa shape index (κ1) is 23.7. The van der Waals surface area contributed by atoms with Crippen LogP contribution in [0, 0.1) is 12.7 Å². The third kappa shape index (κ3) is 4.47. The third-order valence-electron chi connectivity index (χ3n) is 5.63. The number of ether oxygens (including phenoxy) is 1. The minimum Gasteiger partial charge on any atom is -0.464 e. The summed E-state index contributed by atoms with van der Waals surface area (Å²) in [6, 6.07) is 21.7. The van der Waals surface area contributed by atoms with Gasteiger partial charge in [0.1, 0.15) is 5.82 Å². The lowest BCUT2D eigenvalue weighted by Crippen LogP contribution is -2.58. The van der Waals surface area contributed by atoms with E-state index in [2.05, 4.69) is 4.72 Å². The second kappa shape index (κ2) is 9.40. The molecule has 1 N–H and O–H groups in total. The van der Waals surface area contributed by atoms with E-state index in [0.717, 1.165) is 9.87 Å². The largest absolute Gasteiger partial charge is 0.464 e. The van der Waals surface area contributed by atoms with Crippen LogP contribution in [0.4, 0.5) is 4.39 Å². The minimum absolute atomic E-state index is 0.0464. The van der Waals surface area contributed by atoms with Crippen molar-refractivity contribution in [3.05, 3.63) is 113 Å². The Balaban J connectivity index is 1.99. The van der Waals surface area contributed by atoms with Gasteiger partial charge in [0.15, 0.2) is 5.54 Å². The molecular formula is C26H25FN2O4S. The smallest absolute Gasteiger partial charge is 0.336 e. The first-order chi connectivity index (χ1) is 16.3. The highest BCUT2D eigenvalue weighted by atomic mass is 32.2. The van der Waals surface area contributed by atoms with Crippen molar-refractivity contribution in [2.24, 2.45) is 0 Å². The third-order valence-corrected chi connectivity index (χ3v) is 7.11. The number of halogens is 1. The van der Waals surface area contributed by atoms with Crippen LogP contribution >= 0.6 is 0 Å². The molecule has 4 rings (SSSR count). The molecule has 8 heteroatoms. The van der Waals surface area contributed by atoms with Crippen molar-refractivity contribution in [2.75, 3.05) is 6.61 Å². The minimum atomic E-state index is -4.32. The second-order valence-electron chi connectivity index (χ2n) is 8.00. The molecule has 0 bridgehead atoms. The molecule has 0 spiro atoms. The zero-order chi connectivity index (χ0) is 24.3. The van der Waals surface area contributed by atoms with Crippen molar-refractivity contribution in [2.45, 2.75) is 25.9 Å². The van der Waals surface area contributed by atoms with Crippen LogP contribution in [0.15, 0.2) is 84.9 Å². The van der Waals surface area contributed by atoms with Crippen molar-refractivity contribution < 1.29 is 22.3 Å². The molecule has 0 amide bonds. The standard InChI is InChI=1S/C26H25FN2O4S/c1-3-33-25(30)26(21-15-13-19(2)14-16-21)17-24(22-11-7-8-12-23(22)27)29(34(31,32)28-26)18-20-9-5-4-6-10-20/h4-17,28H,3,18H2,1-2H3/t26-/m0/s1. The lowest BCUT2D eigenvalue weighted by Gasteiger charge is -2.40. The van der Waals surface area contributed by atoms with Gasteiger partial charge in [0.05, 0.1) is 18.8 Å². The van der Waals surface area contributed by atoms with Gasteiger partial charge in [-0.2, -0.15) is 13.1 Å². The van der Waals surface area contributed by atoms with Gasteiger partial charge >= 0.3 is 16.2 Å². The Hall–Kier alpha value is -3.49. The molecule has 0 unspecified atom stereocenters. The lowest BCUT2D eigenvalue weighted by atomic mass is 9.88. The number of aryl methyl sites for hydroxylation is 1. The number of benzene rings is 3. The topological polar surface area (TPSA) is 75.7 Å². The molecule has 0 aromatic heterocycles. The zero-order valence-electron chi connectivity index (χ0n) is 18.9. The Morgan fingerprint density at radius 3 is 2.29 bits per heavy atom. The molecule has 0 fully saturated rings. The van der Waals surface area contributed by atoms with E-state index in [9.17, 15) is 17.6 Å². The monoisotopic (exact) mass is 480 g/mol. The van der Waals surface area contributed by atoms with Gasteiger partial charge in [0, 0.05) is 5.56 Å². The molecule has 34 heavy (non-hydrogen) atoms. The number of esters is 1. The predicted molar refractivity (Wildman–Crippen MR) is 128 cm³/mol. The van der Waals surface area contributed by atoms with Crippen molar-refractivity contribution in [1.29, 1.82) is 0 Å². The molecular weight excluding hydrogens is 455 g/mol. The molecule has 1 heterocycles. The van der Waals surface area contributed by atoms with Crippen molar-refractivity contribution in [1.82, 2.24) is 9.03 Å². The summed E-state index contributed by atoms with van der Waals surface area (Å²) < 4.78 is 51.3. The summed E-state index contributed by atoms with van der Waals surface area (Å²) in [4.78, 5) is 13.3. The van der Waals surface area contributed by atoms with Crippen LogP contribution in [0.25, 0.3) is 5.70 Å². The number of nitrogens with zero attached hydrogens (tertiary/aromatic N) is 1. The zero-order valence-corrected chi connectivity index (χ0v) is 19.7. The van der Waals surface area contributed by atoms with E-state index < -0.39 is 27.5 Å². The number of hydrogen-bond donors (Lipinski definition) is 1. The molecule has 176 valence electrons. The quantitative estimate of drug-likeness (QED) is 0.535. The van der Waals surface area contributed by atoms with E-state index in [1.165, 1.54) is 24.3 Å². The van der Waals surface area contributed by atoms with Crippen LogP contribution in [-0.2, 0) is 31.8 Å². The Morgan fingerprint density at radius 2 is 1.65 bits per heavy atom. The number of carbonyl (C=O) groups excluding carboxylic acids is 1. The summed E-state index contributed by atoms with van der Waals surface area (Å²) in [5.74, 6) is -1.40. The Bertz CT molecular complexity index is 1320. The van der Waals surface area contributed by atoms with E-state index in [-0.39, 0.29) is 24.4 Å². The fourth-order valence-electron chi connectivity index (χ4n) is 3.92. The summed E-state index contributed by atoms with van der Waals surface area (Å²) >= 11 is 0. The van der Waals surface area contributed by atoms with Gasteiger partial charge in [0.25, 0.3) is 0 Å². The maximum Gasteiger partial charge on any atom is 0.336 e. The number of rotatable bonds is 6. The number of nitrogens with one attached hydrogen (secondary N) is 1. The van der Waals surface area contributed by atoms with Gasteiger partial charge in [0.2, 0.25) is 0 Å². The van der Waals surface area contributed by atoms with Crippen LogP contribution in [0.3, 0.4) is 0 Å². The average Bonchev–Trinajstić information content (AvgIpc) is 2.82. The average molecular weight is 481 g/mol. The van der Waals surface area contributed by atoms with E-state index in [0.29, 0.717) is 11.1 Å². The fraction of sp³-hybridized carbons (Fsp3) is 0.192. The lowest BCUT2D eigenvalue weighted by molar-refractivity contribution is -0.148. The number of hydrogen-bond acceptors (Lipinski definition) is 4. The van der Waals surface area contributed by atoms with E-state index in [1.807, 2.05) is 13.0 Å². The highest BCUT2D eigenvalue weighted by Gasteiger charge is 2.50. The first-order valence-electron chi connectivity index (χ1n) is 10.8. The van der Waals surface area contributed by atoms with Crippen molar-refractivity contribution >= 4 is 21.9 Å². The normalized spacial score (nSPS) is 19.4. The van der Waals surface area contributed by atoms with Gasteiger partial charge in [-0.3, -0.25) is 4.31 Å². The molecule has 0 radical (unpaired) electrons. The summed E-state index contributed by atoms with van der Waals surface area (Å²) in [5.41, 5.74) is 0.249. The Kier molecular flexibility index (Phi) is 6.54. The van der Waals surface area contributed by atoms with Crippen LogP contribution in [-0.4, -0.2) is 25.3 Å². The van der Waals surface area contributed by atoms with Crippen LogP contribution in [0.1, 0.15) is 29.2 Å². The molecule has 0 saturated carbocycles. The van der Waals surface area contributed by atoms with Crippen LogP contribution < -0.4 is 4.72 Å². The molecule has 3 aromatic rings. The summed E-state index contributed by atoms with van der Waals surface area (Å²) in [5, 5.41) is 0. The molecule has 3 aromatic carbocycles. The molecule has 1 atom stereocenters. The fourth-order valence-corrected chi connectivity index (χ4v) is 5.42. The maximum atomic E-state index is 15.0. The maximum absolute atomic E-state index is 15.0. The van der Waals surface area contributed by atoms with Crippen LogP contribution in [0.5, 0.6) is 0 Å². The first-order valence-corrected chi connectivity index (χ1v) is 12.3. The van der Waals surface area contributed by atoms with Crippen molar-refractivity contribution in [3.8, 4) is 0 Å². The second-order valence-corrected chi connectivity index (χ2v) is 9.60. The van der Waals surface area contributed by atoms with E-state index in [1.54, 1.807) is 61.5 Å². The Labute approximate surface area is 198 Å². The Morgan fingerprint density at radius 1 is 1.00 bits per heavy atom. The van der Waals surface area contributed by atoms with Crippen LogP contribution in [0.2, 0.25) is 0 Å². The van der Waals surface area contributed by atoms with Gasteiger partial charge in [-0.25, -0.2) is 9.18 Å². The molecule has 6 nitrogen and oxygen atoms in total. The summed E-state index contributed by atoms with van der Waals surface area (Å²) in [6.07, 6.45) is 1.44. The van der Waals surface area contributed by atoms with Gasteiger partial charge < -0.3 is 4.74 Å². The molecule has 1 aliphatic rings. The van der Waals surface area contributed by atoms with Gasteiger partial charge in [-0.15, -0.1) is 0 Å². The molecule has 1 aliphatic heterocycles. The molecule has 0 aliphatic carbocycles. The van der Waals surface area contributed by atoms with Gasteiger partial charge in [-0.1, -0.05) is 72.3 Å². The van der Waals surface area contributed by atoms with E-state index in [4.69, 9.17) is 4.74 Å².